The molecule has 0 atom stereocenters. The summed E-state index contributed by atoms with van der Waals surface area (Å²) < 4.78 is 0. The highest BCUT2D eigenvalue weighted by Crippen LogP contribution is 2.19. The molecule has 1 aromatic rings. The van der Waals surface area contributed by atoms with Crippen molar-refractivity contribution < 1.29 is 9.59 Å². The number of piperazine rings is 1. The van der Waals surface area contributed by atoms with E-state index < -0.39 is 17.4 Å². The van der Waals surface area contributed by atoms with Crippen molar-refractivity contribution in [2.75, 3.05) is 44.2 Å². The van der Waals surface area contributed by atoms with Crippen LogP contribution in [-0.4, -0.2) is 61.5 Å². The van der Waals surface area contributed by atoms with Crippen LogP contribution in [0.1, 0.15) is 27.2 Å². The normalized spacial score (nSPS) is 15.6. The first-order chi connectivity index (χ1) is 12.2. The number of nitrogens with one attached hydrogen (secondary N) is 2. The molecule has 0 unspecified atom stereocenters. The number of anilines is 1. The van der Waals surface area contributed by atoms with E-state index in [9.17, 15) is 9.59 Å². The van der Waals surface area contributed by atoms with Crippen molar-refractivity contribution in [2.24, 2.45) is 0 Å². The summed E-state index contributed by atoms with van der Waals surface area (Å²) in [6.45, 7) is 10.9. The van der Waals surface area contributed by atoms with Crippen LogP contribution in [0.5, 0.6) is 0 Å². The second-order valence-electron chi connectivity index (χ2n) is 7.62. The summed E-state index contributed by atoms with van der Waals surface area (Å²) in [7, 11) is 0. The molecule has 2 N–H and O–H groups in total. The average Bonchev–Trinajstić information content (AvgIpc) is 2.58. The summed E-state index contributed by atoms with van der Waals surface area (Å²) in [6, 6.07) is 7.94. The Hall–Kier alpha value is -1.79. The number of benzene rings is 1. The monoisotopic (exact) mass is 380 g/mol. The Morgan fingerprint density at radius 2 is 1.65 bits per heavy atom. The predicted molar refractivity (Wildman–Crippen MR) is 106 cm³/mol. The lowest BCUT2D eigenvalue weighted by Crippen LogP contribution is -2.49. The lowest BCUT2D eigenvalue weighted by atomic mass is 10.1. The van der Waals surface area contributed by atoms with Gasteiger partial charge in [-0.2, -0.15) is 0 Å². The van der Waals surface area contributed by atoms with E-state index in [1.54, 1.807) is 0 Å². The van der Waals surface area contributed by atoms with Gasteiger partial charge in [-0.3, -0.25) is 14.5 Å². The van der Waals surface area contributed by atoms with Gasteiger partial charge in [-0.1, -0.05) is 11.6 Å². The van der Waals surface area contributed by atoms with Gasteiger partial charge in [-0.25, -0.2) is 0 Å². The maximum Gasteiger partial charge on any atom is 0.309 e. The predicted octanol–water partition coefficient (Wildman–Crippen LogP) is 1.88. The van der Waals surface area contributed by atoms with Gasteiger partial charge in [0.2, 0.25) is 0 Å². The Morgan fingerprint density at radius 3 is 2.23 bits per heavy atom. The zero-order valence-electron chi connectivity index (χ0n) is 15.8. The number of hydrogen-bond acceptors (Lipinski definition) is 4. The fourth-order valence-electron chi connectivity index (χ4n) is 2.86. The average molecular weight is 381 g/mol. The maximum absolute atomic E-state index is 11.7. The Bertz CT molecular complexity index is 605. The molecule has 0 aliphatic carbocycles. The molecule has 0 bridgehead atoms. The van der Waals surface area contributed by atoms with Gasteiger partial charge in [0.15, 0.2) is 0 Å². The molecule has 2 amide bonds. The first-order valence-electron chi connectivity index (χ1n) is 9.08. The smallest absolute Gasteiger partial charge is 0.309 e. The summed E-state index contributed by atoms with van der Waals surface area (Å²) in [5.74, 6) is -1.14. The van der Waals surface area contributed by atoms with E-state index in [2.05, 4.69) is 32.6 Å². The molecular weight excluding hydrogens is 352 g/mol. The van der Waals surface area contributed by atoms with Gasteiger partial charge < -0.3 is 15.5 Å². The minimum absolute atomic E-state index is 0.405. The summed E-state index contributed by atoms with van der Waals surface area (Å²) in [5.41, 5.74) is 0.796. The fraction of sp³-hybridized carbons (Fsp3) is 0.579. The van der Waals surface area contributed by atoms with Gasteiger partial charge >= 0.3 is 11.8 Å². The Morgan fingerprint density at radius 1 is 1.04 bits per heavy atom. The molecule has 6 nitrogen and oxygen atoms in total. The van der Waals surface area contributed by atoms with E-state index in [0.717, 1.165) is 44.2 Å². The van der Waals surface area contributed by atoms with Crippen LogP contribution in [0, 0.1) is 0 Å². The Labute approximate surface area is 160 Å². The Kier molecular flexibility index (Phi) is 7.29. The zero-order chi connectivity index (χ0) is 19.2. The van der Waals surface area contributed by atoms with Crippen molar-refractivity contribution >= 4 is 29.1 Å². The number of rotatable bonds is 5. The van der Waals surface area contributed by atoms with E-state index in [1.165, 1.54) is 5.69 Å². The van der Waals surface area contributed by atoms with E-state index in [1.807, 2.05) is 32.9 Å². The summed E-state index contributed by atoms with van der Waals surface area (Å²) >= 11 is 5.94. The number of hydrogen-bond donors (Lipinski definition) is 2. The van der Waals surface area contributed by atoms with Crippen LogP contribution in [0.25, 0.3) is 0 Å². The van der Waals surface area contributed by atoms with Crippen LogP contribution in [-0.2, 0) is 9.59 Å². The highest BCUT2D eigenvalue weighted by Gasteiger charge is 2.20. The zero-order valence-corrected chi connectivity index (χ0v) is 16.6. The molecule has 0 radical (unpaired) electrons. The van der Waals surface area contributed by atoms with Gasteiger partial charge in [-0.15, -0.1) is 0 Å². The molecule has 7 heteroatoms. The maximum atomic E-state index is 11.7. The van der Waals surface area contributed by atoms with Gasteiger partial charge in [0.05, 0.1) is 0 Å². The number of amides is 2. The van der Waals surface area contributed by atoms with Crippen LogP contribution in [0.15, 0.2) is 24.3 Å². The fourth-order valence-corrected chi connectivity index (χ4v) is 2.99. The third-order valence-corrected chi connectivity index (χ3v) is 4.45. The molecule has 0 spiro atoms. The molecule has 144 valence electrons. The topological polar surface area (TPSA) is 64.7 Å². The third kappa shape index (κ3) is 6.84. The molecule has 1 heterocycles. The molecule has 26 heavy (non-hydrogen) atoms. The highest BCUT2D eigenvalue weighted by molar-refractivity contribution is 6.35. The first-order valence-corrected chi connectivity index (χ1v) is 9.45. The highest BCUT2D eigenvalue weighted by atomic mass is 35.5. The molecule has 2 rings (SSSR count). The SMILES string of the molecule is CC(C)(C)NC(=O)C(=O)NCCCN1CCN(c2ccc(Cl)cc2)CC1. The molecule has 0 aromatic heterocycles. The number of carbonyl (C=O) groups excluding carboxylic acids is 2. The van der Waals surface area contributed by atoms with Gasteiger partial charge in [0, 0.05) is 49.0 Å². The molecule has 1 aliphatic rings. The molecular formula is C19H29ClN4O2. The van der Waals surface area contributed by atoms with Crippen molar-refractivity contribution in [3.8, 4) is 0 Å². The summed E-state index contributed by atoms with van der Waals surface area (Å²) in [4.78, 5) is 28.2. The Balaban J connectivity index is 1.62. The van der Waals surface area contributed by atoms with Gasteiger partial charge in [0.25, 0.3) is 0 Å². The van der Waals surface area contributed by atoms with Crippen molar-refractivity contribution in [1.82, 2.24) is 15.5 Å². The largest absolute Gasteiger partial charge is 0.369 e. The minimum atomic E-state index is -0.575. The second kappa shape index (κ2) is 9.24. The van der Waals surface area contributed by atoms with Crippen molar-refractivity contribution in [2.45, 2.75) is 32.7 Å². The van der Waals surface area contributed by atoms with E-state index in [4.69, 9.17) is 11.6 Å². The second-order valence-corrected chi connectivity index (χ2v) is 8.06. The number of halogens is 1. The molecule has 1 aliphatic heterocycles. The summed E-state index contributed by atoms with van der Waals surface area (Å²) in [6.07, 6.45) is 0.829. The van der Waals surface area contributed by atoms with Crippen LogP contribution >= 0.6 is 11.6 Å². The lowest BCUT2D eigenvalue weighted by molar-refractivity contribution is -0.140. The van der Waals surface area contributed by atoms with Gasteiger partial charge in [-0.05, 0) is 58.0 Å². The molecule has 1 fully saturated rings. The molecule has 1 saturated heterocycles. The summed E-state index contributed by atoms with van der Waals surface area (Å²) in [5, 5.41) is 6.10. The van der Waals surface area contributed by atoms with Crippen LogP contribution in [0.3, 0.4) is 0 Å². The van der Waals surface area contributed by atoms with E-state index in [-0.39, 0.29) is 0 Å². The number of nitrogens with zero attached hydrogens (tertiary/aromatic N) is 2. The number of carbonyl (C=O) groups is 2. The third-order valence-electron chi connectivity index (χ3n) is 4.20. The van der Waals surface area contributed by atoms with Crippen molar-refractivity contribution in [3.63, 3.8) is 0 Å². The van der Waals surface area contributed by atoms with Crippen LogP contribution in [0.4, 0.5) is 5.69 Å². The van der Waals surface area contributed by atoms with Crippen LogP contribution in [0.2, 0.25) is 5.02 Å². The molecule has 1 aromatic carbocycles. The minimum Gasteiger partial charge on any atom is -0.369 e. The standard InChI is InChI=1S/C19H29ClN4O2/c1-19(2,3)22-18(26)17(25)21-9-4-10-23-11-13-24(14-12-23)16-7-5-15(20)6-8-16/h5-8H,4,9-14H2,1-3H3,(H,21,25)(H,22,26). The van der Waals surface area contributed by atoms with Crippen molar-refractivity contribution in [3.05, 3.63) is 29.3 Å². The van der Waals surface area contributed by atoms with Crippen LogP contribution < -0.4 is 15.5 Å². The van der Waals surface area contributed by atoms with E-state index in [0.29, 0.717) is 6.54 Å². The quantitative estimate of drug-likeness (QED) is 0.604. The lowest BCUT2D eigenvalue weighted by Gasteiger charge is -2.36. The van der Waals surface area contributed by atoms with Gasteiger partial charge in [0.1, 0.15) is 0 Å². The first kappa shape index (κ1) is 20.5. The van der Waals surface area contributed by atoms with Crippen molar-refractivity contribution in [1.29, 1.82) is 0 Å². The molecule has 0 saturated carbocycles. The van der Waals surface area contributed by atoms with E-state index >= 15 is 0 Å².